The maximum atomic E-state index is 2.44. The molecule has 0 heteroatoms. The van der Waals surface area contributed by atoms with Crippen LogP contribution in [0.5, 0.6) is 0 Å². The highest BCUT2D eigenvalue weighted by molar-refractivity contribution is 4.98. The third-order valence-electron chi connectivity index (χ3n) is 3.87. The second-order valence-corrected chi connectivity index (χ2v) is 5.42. The molecule has 1 fully saturated rings. The molecule has 3 unspecified atom stereocenters. The first-order chi connectivity index (χ1) is 5.49. The Morgan fingerprint density at radius 1 is 1.33 bits per heavy atom. The largest absolute Gasteiger partial charge is 0.0654 e. The van der Waals surface area contributed by atoms with E-state index in [2.05, 4.69) is 34.6 Å². The van der Waals surface area contributed by atoms with Gasteiger partial charge in [-0.05, 0) is 29.6 Å². The fourth-order valence-corrected chi connectivity index (χ4v) is 2.52. The van der Waals surface area contributed by atoms with Gasteiger partial charge < -0.3 is 0 Å². The molecule has 0 aromatic heterocycles. The van der Waals surface area contributed by atoms with Crippen molar-refractivity contribution in [2.45, 2.75) is 53.9 Å². The van der Waals surface area contributed by atoms with Gasteiger partial charge in [0, 0.05) is 0 Å². The van der Waals surface area contributed by atoms with Crippen LogP contribution in [0.4, 0.5) is 0 Å². The molecule has 0 nitrogen and oxygen atoms in total. The molecular weight excluding hydrogens is 144 g/mol. The smallest absolute Gasteiger partial charge is 0.0320 e. The van der Waals surface area contributed by atoms with Crippen molar-refractivity contribution in [3.63, 3.8) is 0 Å². The van der Waals surface area contributed by atoms with Crippen molar-refractivity contribution in [1.29, 1.82) is 0 Å². The normalized spacial score (nSPS) is 31.2. The van der Waals surface area contributed by atoms with E-state index in [1.54, 1.807) is 0 Å². The van der Waals surface area contributed by atoms with Crippen LogP contribution in [0.2, 0.25) is 0 Å². The Bertz CT molecular complexity index is 146. The SMILES string of the molecule is CCCC(C)C(C)C1CC1(C)C. The van der Waals surface area contributed by atoms with Gasteiger partial charge in [-0.15, -0.1) is 0 Å². The summed E-state index contributed by atoms with van der Waals surface area (Å²) in [4.78, 5) is 0. The van der Waals surface area contributed by atoms with Crippen LogP contribution in [0.3, 0.4) is 0 Å². The Morgan fingerprint density at radius 2 is 1.83 bits per heavy atom. The summed E-state index contributed by atoms with van der Waals surface area (Å²) in [7, 11) is 0. The molecule has 0 aromatic rings. The van der Waals surface area contributed by atoms with E-state index in [1.165, 1.54) is 19.3 Å². The maximum absolute atomic E-state index is 2.44. The summed E-state index contributed by atoms with van der Waals surface area (Å²) in [5.41, 5.74) is 0.668. The van der Waals surface area contributed by atoms with E-state index in [9.17, 15) is 0 Å². The van der Waals surface area contributed by atoms with E-state index in [1.807, 2.05) is 0 Å². The Hall–Kier alpha value is 0. The molecule has 1 rings (SSSR count). The van der Waals surface area contributed by atoms with Gasteiger partial charge >= 0.3 is 0 Å². The highest BCUT2D eigenvalue weighted by atomic mass is 14.5. The van der Waals surface area contributed by atoms with Crippen LogP contribution in [-0.2, 0) is 0 Å². The molecule has 0 N–H and O–H groups in total. The summed E-state index contributed by atoms with van der Waals surface area (Å²) in [6, 6.07) is 0. The van der Waals surface area contributed by atoms with E-state index < -0.39 is 0 Å². The van der Waals surface area contributed by atoms with Gasteiger partial charge in [-0.25, -0.2) is 0 Å². The van der Waals surface area contributed by atoms with Crippen molar-refractivity contribution >= 4 is 0 Å². The minimum absolute atomic E-state index is 0.668. The van der Waals surface area contributed by atoms with Gasteiger partial charge in [0.25, 0.3) is 0 Å². The van der Waals surface area contributed by atoms with Crippen molar-refractivity contribution in [3.05, 3.63) is 0 Å². The number of hydrogen-bond acceptors (Lipinski definition) is 0. The van der Waals surface area contributed by atoms with E-state index in [-0.39, 0.29) is 0 Å². The van der Waals surface area contributed by atoms with E-state index in [4.69, 9.17) is 0 Å². The first kappa shape index (κ1) is 10.1. The molecule has 0 aromatic carbocycles. The van der Waals surface area contributed by atoms with Crippen LogP contribution >= 0.6 is 0 Å². The van der Waals surface area contributed by atoms with Crippen molar-refractivity contribution in [2.75, 3.05) is 0 Å². The van der Waals surface area contributed by atoms with Gasteiger partial charge in [-0.2, -0.15) is 0 Å². The van der Waals surface area contributed by atoms with Crippen LogP contribution in [0.1, 0.15) is 53.9 Å². The molecule has 1 aliphatic rings. The molecule has 12 heavy (non-hydrogen) atoms. The average molecular weight is 168 g/mol. The summed E-state index contributed by atoms with van der Waals surface area (Å²) >= 11 is 0. The number of rotatable bonds is 4. The molecule has 0 saturated heterocycles. The lowest BCUT2D eigenvalue weighted by molar-refractivity contribution is 0.292. The molecular formula is C12H24. The first-order valence-electron chi connectivity index (χ1n) is 5.49. The number of hydrogen-bond donors (Lipinski definition) is 0. The average Bonchev–Trinajstić information content (AvgIpc) is 2.59. The monoisotopic (exact) mass is 168 g/mol. The standard InChI is InChI=1S/C12H24/c1-6-7-9(2)10(3)11-8-12(11,4)5/h9-11H,6-8H2,1-5H3. The van der Waals surface area contributed by atoms with Crippen molar-refractivity contribution in [3.8, 4) is 0 Å². The molecule has 0 radical (unpaired) electrons. The third-order valence-corrected chi connectivity index (χ3v) is 3.87. The van der Waals surface area contributed by atoms with Gasteiger partial charge in [0.2, 0.25) is 0 Å². The summed E-state index contributed by atoms with van der Waals surface area (Å²) < 4.78 is 0. The summed E-state index contributed by atoms with van der Waals surface area (Å²) in [6.45, 7) is 12.0. The Labute approximate surface area is 77.7 Å². The van der Waals surface area contributed by atoms with E-state index >= 15 is 0 Å². The van der Waals surface area contributed by atoms with Crippen molar-refractivity contribution in [2.24, 2.45) is 23.2 Å². The molecule has 0 spiro atoms. The summed E-state index contributed by atoms with van der Waals surface area (Å²) in [5.74, 6) is 2.89. The van der Waals surface area contributed by atoms with Gasteiger partial charge in [-0.1, -0.05) is 47.5 Å². The van der Waals surface area contributed by atoms with Crippen molar-refractivity contribution < 1.29 is 0 Å². The second-order valence-electron chi connectivity index (χ2n) is 5.42. The predicted molar refractivity (Wildman–Crippen MR) is 55.1 cm³/mol. The van der Waals surface area contributed by atoms with Crippen LogP contribution < -0.4 is 0 Å². The van der Waals surface area contributed by atoms with E-state index in [0.717, 1.165) is 17.8 Å². The summed E-state index contributed by atoms with van der Waals surface area (Å²) in [6.07, 6.45) is 4.22. The highest BCUT2D eigenvalue weighted by Gasteiger charge is 2.49. The maximum Gasteiger partial charge on any atom is -0.0320 e. The third kappa shape index (κ3) is 2.02. The molecule has 0 bridgehead atoms. The zero-order chi connectivity index (χ0) is 9.35. The van der Waals surface area contributed by atoms with Gasteiger partial charge in [-0.3, -0.25) is 0 Å². The predicted octanol–water partition coefficient (Wildman–Crippen LogP) is 4.10. The van der Waals surface area contributed by atoms with Gasteiger partial charge in [0.05, 0.1) is 0 Å². The molecule has 0 aliphatic heterocycles. The first-order valence-corrected chi connectivity index (χ1v) is 5.49. The van der Waals surface area contributed by atoms with Crippen LogP contribution in [0.15, 0.2) is 0 Å². The quantitative estimate of drug-likeness (QED) is 0.592. The minimum atomic E-state index is 0.668. The Kier molecular flexibility index (Phi) is 2.85. The lowest BCUT2D eigenvalue weighted by Gasteiger charge is -2.20. The molecule has 72 valence electrons. The molecule has 1 aliphatic carbocycles. The van der Waals surface area contributed by atoms with E-state index in [0.29, 0.717) is 5.41 Å². The van der Waals surface area contributed by atoms with Gasteiger partial charge in [0.1, 0.15) is 0 Å². The fraction of sp³-hybridized carbons (Fsp3) is 1.00. The van der Waals surface area contributed by atoms with Crippen LogP contribution in [-0.4, -0.2) is 0 Å². The topological polar surface area (TPSA) is 0 Å². The lowest BCUT2D eigenvalue weighted by atomic mass is 9.85. The second kappa shape index (κ2) is 3.40. The Morgan fingerprint density at radius 3 is 2.17 bits per heavy atom. The lowest BCUT2D eigenvalue weighted by Crippen LogP contribution is -2.12. The van der Waals surface area contributed by atoms with Crippen molar-refractivity contribution in [1.82, 2.24) is 0 Å². The molecule has 3 atom stereocenters. The molecule has 1 saturated carbocycles. The fourth-order valence-electron chi connectivity index (χ4n) is 2.52. The van der Waals surface area contributed by atoms with Crippen LogP contribution in [0.25, 0.3) is 0 Å². The highest BCUT2D eigenvalue weighted by Crippen LogP contribution is 2.57. The zero-order valence-electron chi connectivity index (χ0n) is 9.35. The zero-order valence-corrected chi connectivity index (χ0v) is 9.35. The Balaban J connectivity index is 2.34. The molecule has 0 heterocycles. The van der Waals surface area contributed by atoms with Gasteiger partial charge in [0.15, 0.2) is 0 Å². The van der Waals surface area contributed by atoms with Crippen LogP contribution in [0, 0.1) is 23.2 Å². The molecule has 0 amide bonds. The minimum Gasteiger partial charge on any atom is -0.0654 e. The summed E-state index contributed by atoms with van der Waals surface area (Å²) in [5, 5.41) is 0.